The Morgan fingerprint density at radius 2 is 0.532 bits per heavy atom. The van der Waals surface area contributed by atoms with E-state index in [0.29, 0.717) is 25.9 Å². The minimum atomic E-state index is -0.661. The number of rotatable bonds is 68. The molecule has 0 aliphatic carbocycles. The summed E-state index contributed by atoms with van der Waals surface area (Å²) in [5, 5.41) is 23.4. The van der Waals surface area contributed by atoms with E-state index < -0.39 is 12.1 Å². The van der Waals surface area contributed by atoms with Crippen LogP contribution in [0.15, 0.2) is 0 Å². The van der Waals surface area contributed by atoms with Gasteiger partial charge in [0.1, 0.15) is 0 Å². The van der Waals surface area contributed by atoms with Crippen LogP contribution in [0.3, 0.4) is 0 Å². The van der Waals surface area contributed by atoms with Crippen LogP contribution in [0.1, 0.15) is 418 Å². The summed E-state index contributed by atoms with van der Waals surface area (Å²) in [6, 6.07) is -0.538. The van der Waals surface area contributed by atoms with Crippen LogP contribution in [0.5, 0.6) is 0 Å². The summed E-state index contributed by atoms with van der Waals surface area (Å²) in [4.78, 5) is 24.6. The highest BCUT2D eigenvalue weighted by Crippen LogP contribution is 2.20. The molecular weight excluding hydrogens is 947 g/mol. The minimum absolute atomic E-state index is 0.0214. The van der Waals surface area contributed by atoms with Crippen LogP contribution in [-0.2, 0) is 14.3 Å². The molecule has 0 saturated heterocycles. The van der Waals surface area contributed by atoms with Crippen LogP contribution in [-0.4, -0.2) is 47.4 Å². The van der Waals surface area contributed by atoms with Crippen molar-refractivity contribution in [1.29, 1.82) is 0 Å². The second kappa shape index (κ2) is 67.4. The van der Waals surface area contributed by atoms with Gasteiger partial charge >= 0.3 is 5.97 Å². The molecular formula is C71H141NO5. The highest BCUT2D eigenvalue weighted by atomic mass is 16.5. The van der Waals surface area contributed by atoms with Crippen LogP contribution in [0.25, 0.3) is 0 Å². The maximum absolute atomic E-state index is 12.5. The topological polar surface area (TPSA) is 95.9 Å². The molecule has 460 valence electrons. The molecule has 0 saturated carbocycles. The number of carbonyl (C=O) groups is 2. The summed E-state index contributed by atoms with van der Waals surface area (Å²) >= 11 is 0. The van der Waals surface area contributed by atoms with Crippen molar-refractivity contribution in [3.63, 3.8) is 0 Å². The first kappa shape index (κ1) is 75.9. The Bertz CT molecular complexity index is 1120. The maximum atomic E-state index is 12.5. The molecule has 0 aromatic rings. The van der Waals surface area contributed by atoms with Gasteiger partial charge in [0.2, 0.25) is 5.91 Å². The van der Waals surface area contributed by atoms with Crippen molar-refractivity contribution in [2.24, 2.45) is 0 Å². The van der Waals surface area contributed by atoms with Crippen LogP contribution in [0.2, 0.25) is 0 Å². The fraction of sp³-hybridized carbons (Fsp3) is 0.972. The summed E-state index contributed by atoms with van der Waals surface area (Å²) in [5.41, 5.74) is 0. The third-order valence-electron chi connectivity index (χ3n) is 17.2. The normalized spacial score (nSPS) is 12.4. The molecule has 0 bridgehead atoms. The van der Waals surface area contributed by atoms with E-state index in [4.69, 9.17) is 4.74 Å². The maximum Gasteiger partial charge on any atom is 0.305 e. The van der Waals surface area contributed by atoms with Gasteiger partial charge in [0.05, 0.1) is 25.4 Å². The Morgan fingerprint density at radius 1 is 0.312 bits per heavy atom. The van der Waals surface area contributed by atoms with E-state index in [1.54, 1.807) is 0 Å². The fourth-order valence-electron chi connectivity index (χ4n) is 11.7. The molecule has 2 atom stereocenters. The number of ether oxygens (including phenoxy) is 1. The van der Waals surface area contributed by atoms with E-state index in [-0.39, 0.29) is 18.5 Å². The summed E-state index contributed by atoms with van der Waals surface area (Å²) in [6.07, 6.45) is 81.6. The molecule has 6 heteroatoms. The molecule has 2 unspecified atom stereocenters. The van der Waals surface area contributed by atoms with Crippen LogP contribution in [0, 0.1) is 0 Å². The molecule has 0 spiro atoms. The van der Waals surface area contributed by atoms with Crippen molar-refractivity contribution in [2.45, 2.75) is 431 Å². The quantitative estimate of drug-likeness (QED) is 0.0417. The number of aliphatic hydroxyl groups is 2. The van der Waals surface area contributed by atoms with Gasteiger partial charge < -0.3 is 20.3 Å². The van der Waals surface area contributed by atoms with Gasteiger partial charge in [-0.1, -0.05) is 380 Å². The van der Waals surface area contributed by atoms with E-state index in [2.05, 4.69) is 19.2 Å². The first-order valence-electron chi connectivity index (χ1n) is 35.8. The number of esters is 1. The minimum Gasteiger partial charge on any atom is -0.466 e. The van der Waals surface area contributed by atoms with Crippen molar-refractivity contribution in [1.82, 2.24) is 5.32 Å². The highest BCUT2D eigenvalue weighted by Gasteiger charge is 2.20. The van der Waals surface area contributed by atoms with Gasteiger partial charge in [-0.25, -0.2) is 0 Å². The molecule has 6 nitrogen and oxygen atoms in total. The monoisotopic (exact) mass is 1090 g/mol. The Labute approximate surface area is 483 Å². The summed E-state index contributed by atoms with van der Waals surface area (Å²) in [6.45, 7) is 5.00. The average Bonchev–Trinajstić information content (AvgIpc) is 3.43. The molecule has 0 heterocycles. The number of hydrogen-bond acceptors (Lipinski definition) is 5. The van der Waals surface area contributed by atoms with Crippen LogP contribution in [0.4, 0.5) is 0 Å². The summed E-state index contributed by atoms with van der Waals surface area (Å²) < 4.78 is 5.49. The largest absolute Gasteiger partial charge is 0.466 e. The number of nitrogens with one attached hydrogen (secondary N) is 1. The van der Waals surface area contributed by atoms with Gasteiger partial charge in [0, 0.05) is 12.8 Å². The molecule has 0 fully saturated rings. The zero-order valence-electron chi connectivity index (χ0n) is 52.7. The standard InChI is InChI=1S/C71H141NO5/c1-3-5-7-9-11-13-15-17-18-19-31-34-37-40-43-47-51-55-59-63-69(74)68(67-73)72-70(75)64-60-56-52-48-44-41-38-35-32-29-27-25-23-21-20-22-24-26-28-30-33-36-39-42-46-50-54-58-62-66-77-71(76)65-61-57-53-49-45-16-14-12-10-8-6-4-2/h68-69,73-74H,3-67H2,1-2H3,(H,72,75). The SMILES string of the molecule is CCCCCCCCCCCCCCCCCCCCCC(O)C(CO)NC(=O)CCCCCCCCCCCCCCCCCCCCCCCCCCCCCCCOC(=O)CCCCCCCCCCCCCC. The van der Waals surface area contributed by atoms with Gasteiger partial charge in [0.25, 0.3) is 0 Å². The van der Waals surface area contributed by atoms with Gasteiger partial charge in [0.15, 0.2) is 0 Å². The smallest absolute Gasteiger partial charge is 0.305 e. The first-order valence-corrected chi connectivity index (χ1v) is 35.8. The van der Waals surface area contributed by atoms with Gasteiger partial charge in [-0.05, 0) is 25.7 Å². The van der Waals surface area contributed by atoms with E-state index in [9.17, 15) is 19.8 Å². The number of aliphatic hydroxyl groups excluding tert-OH is 2. The molecule has 0 aliphatic rings. The molecule has 0 aliphatic heterocycles. The number of carbonyl (C=O) groups excluding carboxylic acids is 2. The van der Waals surface area contributed by atoms with Crippen molar-refractivity contribution >= 4 is 11.9 Å². The van der Waals surface area contributed by atoms with E-state index in [1.165, 1.54) is 347 Å². The number of hydrogen-bond donors (Lipinski definition) is 3. The zero-order chi connectivity index (χ0) is 55.7. The Balaban J connectivity index is 3.33. The summed E-state index contributed by atoms with van der Waals surface area (Å²) in [7, 11) is 0. The van der Waals surface area contributed by atoms with Crippen molar-refractivity contribution in [2.75, 3.05) is 13.2 Å². The van der Waals surface area contributed by atoms with E-state index in [1.807, 2.05) is 0 Å². The highest BCUT2D eigenvalue weighted by molar-refractivity contribution is 5.76. The lowest BCUT2D eigenvalue weighted by Crippen LogP contribution is -2.45. The lowest BCUT2D eigenvalue weighted by molar-refractivity contribution is -0.143. The Morgan fingerprint density at radius 3 is 0.792 bits per heavy atom. The molecule has 77 heavy (non-hydrogen) atoms. The van der Waals surface area contributed by atoms with Gasteiger partial charge in [-0.15, -0.1) is 0 Å². The third kappa shape index (κ3) is 63.9. The second-order valence-electron chi connectivity index (χ2n) is 24.9. The van der Waals surface area contributed by atoms with Crippen molar-refractivity contribution < 1.29 is 24.5 Å². The predicted octanol–water partition coefficient (Wildman–Crippen LogP) is 23.0. The van der Waals surface area contributed by atoms with Crippen molar-refractivity contribution in [3.05, 3.63) is 0 Å². The molecule has 0 radical (unpaired) electrons. The van der Waals surface area contributed by atoms with Crippen LogP contribution < -0.4 is 5.32 Å². The zero-order valence-corrected chi connectivity index (χ0v) is 52.7. The van der Waals surface area contributed by atoms with E-state index >= 15 is 0 Å². The lowest BCUT2D eigenvalue weighted by atomic mass is 10.0. The molecule has 3 N–H and O–H groups in total. The van der Waals surface area contributed by atoms with Crippen LogP contribution >= 0.6 is 0 Å². The number of unbranched alkanes of at least 4 members (excludes halogenated alkanes) is 57. The Kier molecular flexibility index (Phi) is 66.4. The van der Waals surface area contributed by atoms with Crippen molar-refractivity contribution in [3.8, 4) is 0 Å². The summed E-state index contributed by atoms with van der Waals surface area (Å²) in [5.74, 6) is -0.00493. The van der Waals surface area contributed by atoms with Gasteiger partial charge in [-0.3, -0.25) is 9.59 Å². The second-order valence-corrected chi connectivity index (χ2v) is 24.9. The molecule has 0 aromatic heterocycles. The molecule has 0 aromatic carbocycles. The average molecular weight is 1090 g/mol. The van der Waals surface area contributed by atoms with E-state index in [0.717, 1.165) is 38.5 Å². The number of amides is 1. The first-order chi connectivity index (χ1) is 38.0. The Hall–Kier alpha value is -1.14. The molecule has 1 amide bonds. The fourth-order valence-corrected chi connectivity index (χ4v) is 11.7. The third-order valence-corrected chi connectivity index (χ3v) is 17.2. The lowest BCUT2D eigenvalue weighted by Gasteiger charge is -2.22. The molecule has 0 rings (SSSR count). The van der Waals surface area contributed by atoms with Gasteiger partial charge in [-0.2, -0.15) is 0 Å². The predicted molar refractivity (Wildman–Crippen MR) is 338 cm³/mol.